The SMILES string of the molecule is CCNC(=NCC(=O)N(C)C)NCCc1ccc(C(F)(F)F)cc1. The molecule has 8 heteroatoms. The number of likely N-dealkylation sites (N-methyl/N-ethyl adjacent to an activating group) is 1. The van der Waals surface area contributed by atoms with Gasteiger partial charge in [-0.3, -0.25) is 4.79 Å². The van der Waals surface area contributed by atoms with Crippen molar-refractivity contribution in [2.24, 2.45) is 4.99 Å². The third kappa shape index (κ3) is 6.89. The number of nitrogens with zero attached hydrogens (tertiary/aromatic N) is 2. The molecular weight excluding hydrogens is 321 g/mol. The number of nitrogens with one attached hydrogen (secondary N) is 2. The molecule has 0 heterocycles. The maximum Gasteiger partial charge on any atom is 0.416 e. The molecular formula is C16H23F3N4O. The first-order valence-corrected chi connectivity index (χ1v) is 7.62. The second kappa shape index (κ2) is 9.14. The second-order valence-electron chi connectivity index (χ2n) is 5.35. The van der Waals surface area contributed by atoms with Gasteiger partial charge in [0.2, 0.25) is 5.91 Å². The summed E-state index contributed by atoms with van der Waals surface area (Å²) in [4.78, 5) is 17.2. The first-order chi connectivity index (χ1) is 11.2. The number of carbonyl (C=O) groups excluding carboxylic acids is 1. The summed E-state index contributed by atoms with van der Waals surface area (Å²) in [6, 6.07) is 5.07. The van der Waals surface area contributed by atoms with Crippen LogP contribution in [0.1, 0.15) is 18.1 Å². The summed E-state index contributed by atoms with van der Waals surface area (Å²) in [7, 11) is 3.31. The fourth-order valence-electron chi connectivity index (χ4n) is 1.82. The summed E-state index contributed by atoms with van der Waals surface area (Å²) in [5.74, 6) is 0.384. The van der Waals surface area contributed by atoms with Crippen LogP contribution in [0.3, 0.4) is 0 Å². The number of amides is 1. The lowest BCUT2D eigenvalue weighted by molar-refractivity contribution is -0.137. The van der Waals surface area contributed by atoms with Gasteiger partial charge in [0.25, 0.3) is 0 Å². The third-order valence-corrected chi connectivity index (χ3v) is 3.20. The molecule has 0 spiro atoms. The predicted molar refractivity (Wildman–Crippen MR) is 87.8 cm³/mol. The molecule has 5 nitrogen and oxygen atoms in total. The normalized spacial score (nSPS) is 12.0. The second-order valence-corrected chi connectivity index (χ2v) is 5.35. The zero-order valence-corrected chi connectivity index (χ0v) is 14.1. The minimum Gasteiger partial charge on any atom is -0.357 e. The van der Waals surface area contributed by atoms with Crippen molar-refractivity contribution in [3.05, 3.63) is 35.4 Å². The van der Waals surface area contributed by atoms with Crippen LogP contribution in [0, 0.1) is 0 Å². The Balaban J connectivity index is 2.53. The van der Waals surface area contributed by atoms with Gasteiger partial charge in [-0.1, -0.05) is 12.1 Å². The van der Waals surface area contributed by atoms with E-state index in [0.717, 1.165) is 17.7 Å². The summed E-state index contributed by atoms with van der Waals surface area (Å²) >= 11 is 0. The van der Waals surface area contributed by atoms with Crippen LogP contribution in [0.15, 0.2) is 29.3 Å². The molecule has 0 aliphatic rings. The summed E-state index contributed by atoms with van der Waals surface area (Å²) in [6.45, 7) is 3.07. The largest absolute Gasteiger partial charge is 0.416 e. The Morgan fingerprint density at radius 2 is 1.79 bits per heavy atom. The smallest absolute Gasteiger partial charge is 0.357 e. The van der Waals surface area contributed by atoms with Crippen molar-refractivity contribution in [3.8, 4) is 0 Å². The Labute approximate surface area is 139 Å². The number of hydrogen-bond acceptors (Lipinski definition) is 2. The van der Waals surface area contributed by atoms with Crippen LogP contribution in [-0.4, -0.2) is 50.5 Å². The van der Waals surface area contributed by atoms with Crippen molar-refractivity contribution in [2.45, 2.75) is 19.5 Å². The molecule has 0 aliphatic carbocycles. The van der Waals surface area contributed by atoms with Crippen molar-refractivity contribution < 1.29 is 18.0 Å². The number of hydrogen-bond donors (Lipinski definition) is 2. The Morgan fingerprint density at radius 3 is 2.29 bits per heavy atom. The van der Waals surface area contributed by atoms with E-state index in [1.807, 2.05) is 6.92 Å². The number of aliphatic imine (C=N–C) groups is 1. The number of benzene rings is 1. The molecule has 2 N–H and O–H groups in total. The quantitative estimate of drug-likeness (QED) is 0.612. The van der Waals surface area contributed by atoms with Crippen molar-refractivity contribution in [2.75, 3.05) is 33.7 Å². The van der Waals surface area contributed by atoms with Gasteiger partial charge < -0.3 is 15.5 Å². The third-order valence-electron chi connectivity index (χ3n) is 3.20. The van der Waals surface area contributed by atoms with E-state index in [2.05, 4.69) is 15.6 Å². The summed E-state index contributed by atoms with van der Waals surface area (Å²) in [5, 5.41) is 6.07. The van der Waals surface area contributed by atoms with Crippen molar-refractivity contribution >= 4 is 11.9 Å². The maximum atomic E-state index is 12.5. The molecule has 1 rings (SSSR count). The lowest BCUT2D eigenvalue weighted by atomic mass is 10.1. The van der Waals surface area contributed by atoms with Crippen LogP contribution in [0.5, 0.6) is 0 Å². The Hall–Kier alpha value is -2.25. The molecule has 0 atom stereocenters. The molecule has 1 aromatic rings. The topological polar surface area (TPSA) is 56.7 Å². The van der Waals surface area contributed by atoms with Gasteiger partial charge in [-0.2, -0.15) is 13.2 Å². The molecule has 0 aromatic heterocycles. The van der Waals surface area contributed by atoms with Gasteiger partial charge in [-0.25, -0.2) is 4.99 Å². The summed E-state index contributed by atoms with van der Waals surface area (Å²) in [6.07, 6.45) is -3.77. The number of carbonyl (C=O) groups is 1. The van der Waals surface area contributed by atoms with E-state index in [1.165, 1.54) is 17.0 Å². The van der Waals surface area contributed by atoms with Gasteiger partial charge in [-0.15, -0.1) is 0 Å². The van der Waals surface area contributed by atoms with Gasteiger partial charge in [0.1, 0.15) is 6.54 Å². The van der Waals surface area contributed by atoms with E-state index in [9.17, 15) is 18.0 Å². The zero-order chi connectivity index (χ0) is 18.2. The molecule has 24 heavy (non-hydrogen) atoms. The molecule has 0 saturated carbocycles. The standard InChI is InChI=1S/C16H23F3N4O/c1-4-20-15(22-11-14(24)23(2)3)21-10-9-12-5-7-13(8-6-12)16(17,18)19/h5-8H,4,9-11H2,1-3H3,(H2,20,21,22). The first-order valence-electron chi connectivity index (χ1n) is 7.62. The molecule has 0 radical (unpaired) electrons. The van der Waals surface area contributed by atoms with Crippen LogP contribution in [0.25, 0.3) is 0 Å². The molecule has 0 unspecified atom stereocenters. The van der Waals surface area contributed by atoms with Gasteiger partial charge in [0, 0.05) is 27.2 Å². The number of guanidine groups is 1. The minimum atomic E-state index is -4.32. The molecule has 1 amide bonds. The Kier molecular flexibility index (Phi) is 7.54. The molecule has 134 valence electrons. The van der Waals surface area contributed by atoms with E-state index in [-0.39, 0.29) is 12.5 Å². The van der Waals surface area contributed by atoms with E-state index < -0.39 is 11.7 Å². The Morgan fingerprint density at radius 1 is 1.17 bits per heavy atom. The number of alkyl halides is 3. The van der Waals surface area contributed by atoms with E-state index in [1.54, 1.807) is 14.1 Å². The van der Waals surface area contributed by atoms with Crippen molar-refractivity contribution in [3.63, 3.8) is 0 Å². The number of rotatable bonds is 6. The fraction of sp³-hybridized carbons (Fsp3) is 0.500. The molecule has 0 bridgehead atoms. The van der Waals surface area contributed by atoms with Crippen LogP contribution in [0.2, 0.25) is 0 Å². The summed E-state index contributed by atoms with van der Waals surface area (Å²) < 4.78 is 37.5. The highest BCUT2D eigenvalue weighted by atomic mass is 19.4. The maximum absolute atomic E-state index is 12.5. The lowest BCUT2D eigenvalue weighted by Crippen LogP contribution is -2.39. The van der Waals surface area contributed by atoms with Gasteiger partial charge >= 0.3 is 6.18 Å². The zero-order valence-electron chi connectivity index (χ0n) is 14.1. The van der Waals surface area contributed by atoms with Crippen LogP contribution in [0.4, 0.5) is 13.2 Å². The molecule has 0 saturated heterocycles. The predicted octanol–water partition coefficient (Wildman–Crippen LogP) is 1.89. The highest BCUT2D eigenvalue weighted by Gasteiger charge is 2.29. The van der Waals surface area contributed by atoms with Crippen molar-refractivity contribution in [1.29, 1.82) is 0 Å². The summed E-state index contributed by atoms with van der Waals surface area (Å²) in [5.41, 5.74) is 0.132. The average Bonchev–Trinajstić information content (AvgIpc) is 2.51. The van der Waals surface area contributed by atoms with E-state index in [4.69, 9.17) is 0 Å². The van der Waals surface area contributed by atoms with Gasteiger partial charge in [0.05, 0.1) is 5.56 Å². The van der Waals surface area contributed by atoms with Crippen LogP contribution >= 0.6 is 0 Å². The molecule has 1 aromatic carbocycles. The van der Waals surface area contributed by atoms with Gasteiger partial charge in [0.15, 0.2) is 5.96 Å². The number of halogens is 3. The van der Waals surface area contributed by atoms with E-state index >= 15 is 0 Å². The Bertz CT molecular complexity index is 553. The minimum absolute atomic E-state index is 0.0304. The van der Waals surface area contributed by atoms with Crippen molar-refractivity contribution in [1.82, 2.24) is 15.5 Å². The fourth-order valence-corrected chi connectivity index (χ4v) is 1.82. The first kappa shape index (κ1) is 19.8. The van der Waals surface area contributed by atoms with Gasteiger partial charge in [-0.05, 0) is 31.0 Å². The van der Waals surface area contributed by atoms with E-state index in [0.29, 0.717) is 25.5 Å². The molecule has 0 fully saturated rings. The molecule has 0 aliphatic heterocycles. The average molecular weight is 344 g/mol. The highest BCUT2D eigenvalue weighted by Crippen LogP contribution is 2.29. The van der Waals surface area contributed by atoms with Crippen LogP contribution in [-0.2, 0) is 17.4 Å². The lowest BCUT2D eigenvalue weighted by Gasteiger charge is -2.13. The monoisotopic (exact) mass is 344 g/mol. The van der Waals surface area contributed by atoms with Crippen LogP contribution < -0.4 is 10.6 Å². The highest BCUT2D eigenvalue weighted by molar-refractivity contribution is 5.84.